The van der Waals surface area contributed by atoms with E-state index >= 15 is 0 Å². The second kappa shape index (κ2) is 10.8. The van der Waals surface area contributed by atoms with Crippen LogP contribution >= 0.6 is 0 Å². The Morgan fingerprint density at radius 2 is 1.84 bits per heavy atom. The number of carboxylic acids is 2. The number of nitrogens with zero attached hydrogens (tertiary/aromatic N) is 1. The number of halogens is 1. The molecule has 2 aromatic rings. The lowest BCUT2D eigenvalue weighted by Gasteiger charge is -2.34. The molecule has 0 fully saturated rings. The number of carboxylic acid groups (broad SMARTS) is 2. The molecule has 170 valence electrons. The fourth-order valence-electron chi connectivity index (χ4n) is 4.03. The second-order valence-corrected chi connectivity index (χ2v) is 7.61. The predicted octanol–water partition coefficient (Wildman–Crippen LogP) is 2.93. The molecule has 4 rings (SSSR count). The average molecular weight is 442 g/mol. The fourth-order valence-corrected chi connectivity index (χ4v) is 4.03. The number of nitrogens with one attached hydrogen (secondary N) is 1. The van der Waals surface area contributed by atoms with Crippen molar-refractivity contribution in [1.29, 1.82) is 0 Å². The van der Waals surface area contributed by atoms with E-state index in [1.165, 1.54) is 22.8 Å². The fraction of sp³-hybridized carbons (Fsp3) is 0.333. The van der Waals surface area contributed by atoms with E-state index in [-0.39, 0.29) is 5.82 Å². The summed E-state index contributed by atoms with van der Waals surface area (Å²) in [7, 11) is 0. The van der Waals surface area contributed by atoms with Crippen LogP contribution in [-0.4, -0.2) is 48.4 Å². The van der Waals surface area contributed by atoms with Crippen molar-refractivity contribution in [3.8, 4) is 5.75 Å². The minimum Gasteiger partial charge on any atom is -0.490 e. The SMILES string of the molecule is Cc1c2c(cc3c1N(Cc1ccccc1F)CCO3)CCNCC2.O=C(O)/C=C/C(=O)O. The molecule has 7 nitrogen and oxygen atoms in total. The molecule has 8 heteroatoms. The van der Waals surface area contributed by atoms with Gasteiger partial charge in [-0.25, -0.2) is 14.0 Å². The zero-order valence-corrected chi connectivity index (χ0v) is 17.9. The summed E-state index contributed by atoms with van der Waals surface area (Å²) in [6.45, 7) is 6.25. The van der Waals surface area contributed by atoms with E-state index in [0.29, 0.717) is 25.3 Å². The van der Waals surface area contributed by atoms with Crippen molar-refractivity contribution < 1.29 is 28.9 Å². The highest BCUT2D eigenvalue weighted by atomic mass is 19.1. The molecule has 0 unspecified atom stereocenters. The van der Waals surface area contributed by atoms with Gasteiger partial charge in [-0.15, -0.1) is 0 Å². The summed E-state index contributed by atoms with van der Waals surface area (Å²) in [4.78, 5) is 21.4. The van der Waals surface area contributed by atoms with Gasteiger partial charge in [0.1, 0.15) is 18.2 Å². The first-order valence-electron chi connectivity index (χ1n) is 10.5. The van der Waals surface area contributed by atoms with Gasteiger partial charge in [0.05, 0.1) is 12.2 Å². The smallest absolute Gasteiger partial charge is 0.328 e. The summed E-state index contributed by atoms with van der Waals surface area (Å²) in [6.07, 6.45) is 3.20. The van der Waals surface area contributed by atoms with Gasteiger partial charge in [-0.05, 0) is 61.7 Å². The summed E-state index contributed by atoms with van der Waals surface area (Å²) >= 11 is 0. The Balaban J connectivity index is 0.000000312. The highest BCUT2D eigenvalue weighted by Crippen LogP contribution is 2.40. The highest BCUT2D eigenvalue weighted by Gasteiger charge is 2.25. The minimum atomic E-state index is -1.26. The number of anilines is 1. The third-order valence-corrected chi connectivity index (χ3v) is 5.48. The average Bonchev–Trinajstić information content (AvgIpc) is 3.00. The van der Waals surface area contributed by atoms with E-state index in [4.69, 9.17) is 14.9 Å². The van der Waals surface area contributed by atoms with Crippen LogP contribution in [0.4, 0.5) is 10.1 Å². The molecule has 2 aliphatic rings. The number of rotatable bonds is 4. The molecular formula is C24H27FN2O5. The number of hydrogen-bond acceptors (Lipinski definition) is 5. The van der Waals surface area contributed by atoms with Crippen molar-refractivity contribution in [3.63, 3.8) is 0 Å². The quantitative estimate of drug-likeness (QED) is 0.626. The molecule has 0 radical (unpaired) electrons. The maximum atomic E-state index is 14.1. The highest BCUT2D eigenvalue weighted by molar-refractivity contribution is 5.89. The van der Waals surface area contributed by atoms with Crippen molar-refractivity contribution >= 4 is 17.6 Å². The Bertz CT molecular complexity index is 1010. The molecule has 0 bridgehead atoms. The standard InChI is InChI=1S/C20H23FN2O.C4H4O4/c1-14-17-7-9-22-8-6-15(17)12-19-20(14)23(10-11-24-19)13-16-4-2-3-5-18(16)21;5-3(6)1-2-4(7)8/h2-5,12,22H,6-11,13H2,1H3;1-2H,(H,5,6)(H,7,8)/b;2-1+. The van der Waals surface area contributed by atoms with Gasteiger partial charge in [0, 0.05) is 24.3 Å². The molecule has 0 atom stereocenters. The van der Waals surface area contributed by atoms with E-state index in [1.54, 1.807) is 6.07 Å². The summed E-state index contributed by atoms with van der Waals surface area (Å²) in [5.41, 5.74) is 6.00. The molecule has 2 heterocycles. The van der Waals surface area contributed by atoms with Crippen LogP contribution in [0.25, 0.3) is 0 Å². The number of benzene rings is 2. The van der Waals surface area contributed by atoms with Crippen LogP contribution in [0.3, 0.4) is 0 Å². The first-order valence-corrected chi connectivity index (χ1v) is 10.5. The van der Waals surface area contributed by atoms with E-state index in [0.717, 1.165) is 49.5 Å². The zero-order valence-electron chi connectivity index (χ0n) is 17.9. The number of aliphatic carboxylic acids is 2. The van der Waals surface area contributed by atoms with Crippen molar-refractivity contribution in [3.05, 3.63) is 70.6 Å². The molecule has 0 spiro atoms. The van der Waals surface area contributed by atoms with Gasteiger partial charge in [0.2, 0.25) is 0 Å². The van der Waals surface area contributed by atoms with Gasteiger partial charge < -0.3 is 25.2 Å². The first kappa shape index (κ1) is 23.3. The van der Waals surface area contributed by atoms with E-state index in [2.05, 4.69) is 23.2 Å². The van der Waals surface area contributed by atoms with Crippen molar-refractivity contribution in [1.82, 2.24) is 5.32 Å². The monoisotopic (exact) mass is 442 g/mol. The Hall–Kier alpha value is -3.39. The van der Waals surface area contributed by atoms with Crippen LogP contribution < -0.4 is 15.0 Å². The number of carbonyl (C=O) groups is 2. The van der Waals surface area contributed by atoms with Crippen LogP contribution in [0.15, 0.2) is 42.5 Å². The topological polar surface area (TPSA) is 99.1 Å². The summed E-state index contributed by atoms with van der Waals surface area (Å²) in [6, 6.07) is 9.25. The first-order chi connectivity index (χ1) is 15.4. The van der Waals surface area contributed by atoms with Crippen molar-refractivity contribution in [2.24, 2.45) is 0 Å². The molecule has 32 heavy (non-hydrogen) atoms. The lowest BCUT2D eigenvalue weighted by atomic mass is 9.94. The Labute approximate surface area is 186 Å². The van der Waals surface area contributed by atoms with E-state index < -0.39 is 11.9 Å². The second-order valence-electron chi connectivity index (χ2n) is 7.61. The Morgan fingerprint density at radius 3 is 2.53 bits per heavy atom. The van der Waals surface area contributed by atoms with Gasteiger partial charge in [0.15, 0.2) is 0 Å². The molecule has 3 N–H and O–H groups in total. The van der Waals surface area contributed by atoms with Gasteiger partial charge >= 0.3 is 11.9 Å². The third kappa shape index (κ3) is 5.85. The minimum absolute atomic E-state index is 0.137. The number of ether oxygens (including phenoxy) is 1. The predicted molar refractivity (Wildman–Crippen MR) is 119 cm³/mol. The van der Waals surface area contributed by atoms with E-state index in [9.17, 15) is 14.0 Å². The maximum Gasteiger partial charge on any atom is 0.328 e. The number of fused-ring (bicyclic) bond motifs is 2. The van der Waals surface area contributed by atoms with Crippen LogP contribution in [0, 0.1) is 12.7 Å². The van der Waals surface area contributed by atoms with Crippen molar-refractivity contribution in [2.75, 3.05) is 31.1 Å². The normalized spacial score (nSPS) is 15.0. The third-order valence-electron chi connectivity index (χ3n) is 5.48. The molecule has 0 saturated heterocycles. The van der Waals surface area contributed by atoms with E-state index in [1.807, 2.05) is 12.1 Å². The molecule has 2 aliphatic heterocycles. The molecule has 0 saturated carbocycles. The largest absolute Gasteiger partial charge is 0.490 e. The number of hydrogen-bond donors (Lipinski definition) is 3. The van der Waals surface area contributed by atoms with Crippen LogP contribution in [0.1, 0.15) is 22.3 Å². The van der Waals surface area contributed by atoms with Gasteiger partial charge in [0.25, 0.3) is 0 Å². The van der Waals surface area contributed by atoms with Gasteiger partial charge in [-0.2, -0.15) is 0 Å². The maximum absolute atomic E-state index is 14.1. The zero-order chi connectivity index (χ0) is 23.1. The lowest BCUT2D eigenvalue weighted by molar-refractivity contribution is -0.134. The lowest BCUT2D eigenvalue weighted by Crippen LogP contribution is -2.33. The van der Waals surface area contributed by atoms with Gasteiger partial charge in [-0.1, -0.05) is 18.2 Å². The van der Waals surface area contributed by atoms with Gasteiger partial charge in [-0.3, -0.25) is 0 Å². The van der Waals surface area contributed by atoms with Crippen LogP contribution in [0.5, 0.6) is 5.75 Å². The summed E-state index contributed by atoms with van der Waals surface area (Å²) < 4.78 is 20.0. The Kier molecular flexibility index (Phi) is 7.83. The molecule has 0 aliphatic carbocycles. The summed E-state index contributed by atoms with van der Waals surface area (Å²) in [5.74, 6) is -1.70. The molecular weight excluding hydrogens is 415 g/mol. The summed E-state index contributed by atoms with van der Waals surface area (Å²) in [5, 5.41) is 19.1. The molecule has 0 amide bonds. The van der Waals surface area contributed by atoms with Crippen LogP contribution in [0.2, 0.25) is 0 Å². The molecule has 2 aromatic carbocycles. The van der Waals surface area contributed by atoms with Crippen LogP contribution in [-0.2, 0) is 29.0 Å². The Morgan fingerprint density at radius 1 is 1.16 bits per heavy atom. The molecule has 0 aromatic heterocycles. The van der Waals surface area contributed by atoms with Crippen molar-refractivity contribution in [2.45, 2.75) is 26.3 Å².